The number of ether oxygens (including phenoxy) is 2. The zero-order chi connectivity index (χ0) is 22.6. The Hall–Kier alpha value is -2.16. The van der Waals surface area contributed by atoms with Crippen LogP contribution in [0.25, 0.3) is 0 Å². The number of rotatable bonds is 7. The monoisotopic (exact) mass is 482 g/mol. The first-order chi connectivity index (χ1) is 16.2. The SMILES string of the molecule is Cc1c(Cl)cccc1CN1C(COCc2ccccc2)=NC=C2SC(N3CCOCC3)N=C21. The quantitative estimate of drug-likeness (QED) is 0.573. The average molecular weight is 483 g/mol. The third-order valence-electron chi connectivity index (χ3n) is 5.99. The van der Waals surface area contributed by atoms with Gasteiger partial charge in [-0.15, -0.1) is 0 Å². The van der Waals surface area contributed by atoms with Crippen molar-refractivity contribution in [1.29, 1.82) is 0 Å². The lowest BCUT2D eigenvalue weighted by atomic mass is 10.1. The number of fused-ring (bicyclic) bond motifs is 1. The Morgan fingerprint density at radius 2 is 1.91 bits per heavy atom. The van der Waals surface area contributed by atoms with Crippen molar-refractivity contribution < 1.29 is 9.47 Å². The van der Waals surface area contributed by atoms with Gasteiger partial charge in [0.2, 0.25) is 0 Å². The highest BCUT2D eigenvalue weighted by Crippen LogP contribution is 2.37. The van der Waals surface area contributed by atoms with Gasteiger partial charge in [0.05, 0.1) is 31.3 Å². The van der Waals surface area contributed by atoms with Crippen molar-refractivity contribution in [3.05, 3.63) is 81.3 Å². The van der Waals surface area contributed by atoms with E-state index in [1.165, 1.54) is 0 Å². The molecule has 3 aliphatic heterocycles. The summed E-state index contributed by atoms with van der Waals surface area (Å²) >= 11 is 8.18. The van der Waals surface area contributed by atoms with Crippen molar-refractivity contribution in [1.82, 2.24) is 9.80 Å². The van der Waals surface area contributed by atoms with Gasteiger partial charge in [0.1, 0.15) is 18.3 Å². The van der Waals surface area contributed by atoms with Crippen molar-refractivity contribution in [3.8, 4) is 0 Å². The molecular weight excluding hydrogens is 456 g/mol. The minimum Gasteiger partial charge on any atom is -0.379 e. The van der Waals surface area contributed by atoms with Crippen LogP contribution in [-0.4, -0.2) is 59.9 Å². The van der Waals surface area contributed by atoms with E-state index < -0.39 is 0 Å². The number of thioether (sulfide) groups is 1. The molecule has 0 aliphatic carbocycles. The van der Waals surface area contributed by atoms with Crippen LogP contribution >= 0.6 is 23.4 Å². The molecule has 1 fully saturated rings. The smallest absolute Gasteiger partial charge is 0.156 e. The Balaban J connectivity index is 1.38. The van der Waals surface area contributed by atoms with Crippen molar-refractivity contribution in [2.75, 3.05) is 32.9 Å². The summed E-state index contributed by atoms with van der Waals surface area (Å²) in [4.78, 5) is 15.6. The number of halogens is 1. The van der Waals surface area contributed by atoms with Crippen LogP contribution in [0.5, 0.6) is 0 Å². The highest BCUT2D eigenvalue weighted by Gasteiger charge is 2.35. The van der Waals surface area contributed by atoms with E-state index in [9.17, 15) is 0 Å². The largest absolute Gasteiger partial charge is 0.379 e. The minimum absolute atomic E-state index is 0.0536. The Kier molecular flexibility index (Phi) is 7.13. The van der Waals surface area contributed by atoms with Gasteiger partial charge in [0.15, 0.2) is 5.50 Å². The standard InChI is InChI=1S/C25H27ClN4O2S/c1-18-20(8-5-9-21(18)26)15-30-23(17-32-16-19-6-3-2-4-7-19)27-14-22-24(30)28-25(33-22)29-10-12-31-13-11-29/h2-9,14,25H,10-13,15-17H2,1H3. The summed E-state index contributed by atoms with van der Waals surface area (Å²) in [5, 5.41) is 0.771. The van der Waals surface area contributed by atoms with E-state index in [-0.39, 0.29) is 5.50 Å². The number of amidine groups is 2. The number of hydrogen-bond acceptors (Lipinski definition) is 7. The molecule has 8 heteroatoms. The average Bonchev–Trinajstić information content (AvgIpc) is 3.29. The molecule has 1 atom stereocenters. The Labute approximate surface area is 203 Å². The van der Waals surface area contributed by atoms with Gasteiger partial charge in [-0.25, -0.2) is 9.98 Å². The predicted octanol–water partition coefficient (Wildman–Crippen LogP) is 4.68. The number of hydrogen-bond donors (Lipinski definition) is 0. The Morgan fingerprint density at radius 1 is 1.09 bits per heavy atom. The molecule has 0 saturated carbocycles. The summed E-state index contributed by atoms with van der Waals surface area (Å²) in [6.07, 6.45) is 1.94. The molecule has 5 rings (SSSR count). The summed E-state index contributed by atoms with van der Waals surface area (Å²) in [6.45, 7) is 6.94. The lowest BCUT2D eigenvalue weighted by molar-refractivity contribution is 0.0341. The molecule has 0 bridgehead atoms. The second kappa shape index (κ2) is 10.4. The van der Waals surface area contributed by atoms with E-state index in [1.807, 2.05) is 36.5 Å². The molecule has 172 valence electrons. The molecule has 1 unspecified atom stereocenters. The summed E-state index contributed by atoms with van der Waals surface area (Å²) in [5.41, 5.74) is 3.43. The van der Waals surface area contributed by atoms with Gasteiger partial charge in [-0.1, -0.05) is 65.8 Å². The highest BCUT2D eigenvalue weighted by molar-refractivity contribution is 8.04. The fourth-order valence-corrected chi connectivity index (χ4v) is 5.36. The second-order valence-corrected chi connectivity index (χ2v) is 9.68. The molecule has 6 nitrogen and oxygen atoms in total. The maximum absolute atomic E-state index is 6.42. The zero-order valence-electron chi connectivity index (χ0n) is 18.6. The van der Waals surface area contributed by atoms with Crippen LogP contribution in [0.15, 0.2) is 69.6 Å². The first-order valence-electron chi connectivity index (χ1n) is 11.2. The number of nitrogens with zero attached hydrogens (tertiary/aromatic N) is 4. The lowest BCUT2D eigenvalue weighted by Gasteiger charge is -2.29. The van der Waals surface area contributed by atoms with E-state index in [2.05, 4.69) is 34.9 Å². The molecule has 3 aliphatic rings. The van der Waals surface area contributed by atoms with Gasteiger partial charge < -0.3 is 14.4 Å². The lowest BCUT2D eigenvalue weighted by Crippen LogP contribution is -2.41. The van der Waals surface area contributed by atoms with E-state index in [1.54, 1.807) is 11.8 Å². The normalized spacial score (nSPS) is 20.8. The van der Waals surface area contributed by atoms with Crippen LogP contribution in [0.4, 0.5) is 0 Å². The van der Waals surface area contributed by atoms with E-state index in [4.69, 9.17) is 31.1 Å². The molecule has 0 amide bonds. The Morgan fingerprint density at radius 3 is 2.73 bits per heavy atom. The van der Waals surface area contributed by atoms with Crippen LogP contribution in [0.3, 0.4) is 0 Å². The summed E-state index contributed by atoms with van der Waals surface area (Å²) in [6, 6.07) is 16.2. The number of morpholine rings is 1. The van der Waals surface area contributed by atoms with Gasteiger partial charge >= 0.3 is 0 Å². The van der Waals surface area contributed by atoms with Gasteiger partial charge in [0, 0.05) is 24.3 Å². The zero-order valence-corrected chi connectivity index (χ0v) is 20.2. The molecule has 3 heterocycles. The van der Waals surface area contributed by atoms with E-state index >= 15 is 0 Å². The van der Waals surface area contributed by atoms with Gasteiger partial charge in [-0.3, -0.25) is 4.90 Å². The van der Waals surface area contributed by atoms with Crippen LogP contribution < -0.4 is 0 Å². The molecule has 0 radical (unpaired) electrons. The molecule has 0 aromatic heterocycles. The molecular formula is C25H27ClN4O2S. The van der Waals surface area contributed by atoms with Gasteiger partial charge in [0.25, 0.3) is 0 Å². The fraction of sp³-hybridized carbons (Fsp3) is 0.360. The maximum Gasteiger partial charge on any atom is 0.156 e. The van der Waals surface area contributed by atoms with E-state index in [0.717, 1.165) is 64.6 Å². The highest BCUT2D eigenvalue weighted by atomic mass is 35.5. The number of aliphatic imine (C=N–C) groups is 2. The molecule has 0 N–H and O–H groups in total. The second-order valence-electron chi connectivity index (χ2n) is 8.17. The van der Waals surface area contributed by atoms with Crippen molar-refractivity contribution in [2.45, 2.75) is 25.6 Å². The Bertz CT molecular complexity index is 1080. The fourth-order valence-electron chi connectivity index (χ4n) is 4.04. The first kappa shape index (κ1) is 22.6. The summed E-state index contributed by atoms with van der Waals surface area (Å²) in [7, 11) is 0. The molecule has 0 spiro atoms. The summed E-state index contributed by atoms with van der Waals surface area (Å²) < 4.78 is 11.6. The van der Waals surface area contributed by atoms with Crippen LogP contribution in [0, 0.1) is 6.92 Å². The first-order valence-corrected chi connectivity index (χ1v) is 12.4. The topological polar surface area (TPSA) is 49.7 Å². The van der Waals surface area contributed by atoms with Crippen molar-refractivity contribution >= 4 is 35.0 Å². The van der Waals surface area contributed by atoms with Crippen molar-refractivity contribution in [3.63, 3.8) is 0 Å². The number of benzene rings is 2. The molecule has 33 heavy (non-hydrogen) atoms. The third kappa shape index (κ3) is 5.18. The van der Waals surface area contributed by atoms with Crippen molar-refractivity contribution in [2.24, 2.45) is 9.98 Å². The molecule has 2 aromatic carbocycles. The molecule has 1 saturated heterocycles. The van der Waals surface area contributed by atoms with Gasteiger partial charge in [-0.2, -0.15) is 0 Å². The van der Waals surface area contributed by atoms with E-state index in [0.29, 0.717) is 19.8 Å². The van der Waals surface area contributed by atoms with Crippen LogP contribution in [0.1, 0.15) is 16.7 Å². The molecule has 2 aromatic rings. The van der Waals surface area contributed by atoms with Crippen LogP contribution in [0.2, 0.25) is 5.02 Å². The van der Waals surface area contributed by atoms with Gasteiger partial charge in [-0.05, 0) is 29.7 Å². The maximum atomic E-state index is 6.42. The summed E-state index contributed by atoms with van der Waals surface area (Å²) in [5.74, 6) is 1.82. The van der Waals surface area contributed by atoms with Crippen LogP contribution in [-0.2, 0) is 22.6 Å². The predicted molar refractivity (Wildman–Crippen MR) is 135 cm³/mol. The third-order valence-corrected chi connectivity index (χ3v) is 7.56. The minimum atomic E-state index is 0.0536.